The van der Waals surface area contributed by atoms with E-state index in [1.54, 1.807) is 6.33 Å². The molecule has 25 heavy (non-hydrogen) atoms. The average molecular weight is 393 g/mol. The zero-order valence-corrected chi connectivity index (χ0v) is 16.2. The van der Waals surface area contributed by atoms with Crippen molar-refractivity contribution in [3.63, 3.8) is 0 Å². The molecule has 0 spiro atoms. The van der Waals surface area contributed by atoms with Gasteiger partial charge in [0.25, 0.3) is 0 Å². The fraction of sp³-hybridized carbons (Fsp3) is 0.235. The number of rotatable bonds is 6. The normalized spacial score (nSPS) is 10.8. The molecule has 2 heterocycles. The van der Waals surface area contributed by atoms with Crippen molar-refractivity contribution in [3.05, 3.63) is 57.0 Å². The van der Waals surface area contributed by atoms with Crippen LogP contribution in [0.2, 0.25) is 4.34 Å². The zero-order valence-electron chi connectivity index (χ0n) is 13.8. The molecule has 130 valence electrons. The lowest BCUT2D eigenvalue weighted by molar-refractivity contribution is -0.118. The SMILES string of the molecule is Cc1ccc(-n2cnnc2SCC(=O)NCc2ccc(Cl)s2)c(C)c1. The van der Waals surface area contributed by atoms with E-state index in [2.05, 4.69) is 41.5 Å². The number of aryl methyl sites for hydroxylation is 2. The van der Waals surface area contributed by atoms with Crippen LogP contribution in [0, 0.1) is 13.8 Å². The number of aromatic nitrogens is 3. The minimum atomic E-state index is -0.0512. The second-order valence-electron chi connectivity index (χ2n) is 5.54. The second kappa shape index (κ2) is 8.03. The molecular formula is C17H17ClN4OS2. The van der Waals surface area contributed by atoms with Crippen LogP contribution in [0.4, 0.5) is 0 Å². The van der Waals surface area contributed by atoms with Crippen molar-refractivity contribution >= 4 is 40.6 Å². The van der Waals surface area contributed by atoms with E-state index in [1.807, 2.05) is 22.8 Å². The first-order valence-corrected chi connectivity index (χ1v) is 9.82. The Labute approximate surface area is 159 Å². The van der Waals surface area contributed by atoms with Gasteiger partial charge in [-0.1, -0.05) is 41.1 Å². The topological polar surface area (TPSA) is 59.8 Å². The highest BCUT2D eigenvalue weighted by atomic mass is 35.5. The van der Waals surface area contributed by atoms with Crippen LogP contribution in [0.3, 0.4) is 0 Å². The number of amides is 1. The van der Waals surface area contributed by atoms with Gasteiger partial charge in [-0.3, -0.25) is 9.36 Å². The number of benzene rings is 1. The molecule has 3 aromatic rings. The Morgan fingerprint density at radius 3 is 2.88 bits per heavy atom. The molecule has 1 amide bonds. The molecule has 8 heteroatoms. The van der Waals surface area contributed by atoms with Gasteiger partial charge in [-0.15, -0.1) is 21.5 Å². The molecule has 0 saturated heterocycles. The molecule has 0 aliphatic carbocycles. The van der Waals surface area contributed by atoms with Crippen molar-refractivity contribution in [1.29, 1.82) is 0 Å². The number of thiophene rings is 1. The maximum Gasteiger partial charge on any atom is 0.230 e. The molecule has 0 atom stereocenters. The third-order valence-electron chi connectivity index (χ3n) is 3.55. The first-order valence-electron chi connectivity index (χ1n) is 7.64. The van der Waals surface area contributed by atoms with Gasteiger partial charge >= 0.3 is 0 Å². The summed E-state index contributed by atoms with van der Waals surface area (Å²) in [6, 6.07) is 9.95. The van der Waals surface area contributed by atoms with E-state index in [9.17, 15) is 4.79 Å². The maximum atomic E-state index is 12.1. The minimum absolute atomic E-state index is 0.0512. The van der Waals surface area contributed by atoms with Crippen LogP contribution in [-0.2, 0) is 11.3 Å². The van der Waals surface area contributed by atoms with Gasteiger partial charge < -0.3 is 5.32 Å². The largest absolute Gasteiger partial charge is 0.350 e. The molecule has 0 unspecified atom stereocenters. The van der Waals surface area contributed by atoms with E-state index in [4.69, 9.17) is 11.6 Å². The molecule has 3 rings (SSSR count). The molecule has 0 aliphatic rings. The Morgan fingerprint density at radius 2 is 2.16 bits per heavy atom. The van der Waals surface area contributed by atoms with Crippen LogP contribution in [0.5, 0.6) is 0 Å². The molecule has 2 aromatic heterocycles. The smallest absolute Gasteiger partial charge is 0.230 e. The maximum absolute atomic E-state index is 12.1. The summed E-state index contributed by atoms with van der Waals surface area (Å²) >= 11 is 8.72. The van der Waals surface area contributed by atoms with Gasteiger partial charge in [0.15, 0.2) is 5.16 Å². The summed E-state index contributed by atoms with van der Waals surface area (Å²) in [5.41, 5.74) is 3.36. The minimum Gasteiger partial charge on any atom is -0.350 e. The van der Waals surface area contributed by atoms with Crippen LogP contribution in [0.1, 0.15) is 16.0 Å². The number of carbonyl (C=O) groups is 1. The van der Waals surface area contributed by atoms with Crippen molar-refractivity contribution < 1.29 is 4.79 Å². The number of nitrogens with zero attached hydrogens (tertiary/aromatic N) is 3. The van der Waals surface area contributed by atoms with E-state index in [-0.39, 0.29) is 11.7 Å². The number of thioether (sulfide) groups is 1. The van der Waals surface area contributed by atoms with E-state index < -0.39 is 0 Å². The van der Waals surface area contributed by atoms with E-state index in [0.29, 0.717) is 11.7 Å². The fourth-order valence-corrected chi connectivity index (χ4v) is 4.16. The van der Waals surface area contributed by atoms with Crippen molar-refractivity contribution in [3.8, 4) is 5.69 Å². The molecule has 0 saturated carbocycles. The zero-order chi connectivity index (χ0) is 17.8. The Hall–Kier alpha value is -1.83. The van der Waals surface area contributed by atoms with Crippen LogP contribution < -0.4 is 5.32 Å². The van der Waals surface area contributed by atoms with Gasteiger partial charge in [0.1, 0.15) is 6.33 Å². The molecular weight excluding hydrogens is 376 g/mol. The summed E-state index contributed by atoms with van der Waals surface area (Å²) in [5.74, 6) is 0.229. The first-order chi connectivity index (χ1) is 12.0. The molecule has 1 aromatic carbocycles. The van der Waals surface area contributed by atoms with Gasteiger partial charge in [-0.25, -0.2) is 0 Å². The van der Waals surface area contributed by atoms with Crippen LogP contribution in [-0.4, -0.2) is 26.4 Å². The fourth-order valence-electron chi connectivity index (χ4n) is 2.38. The molecule has 0 fully saturated rings. The lowest BCUT2D eigenvalue weighted by Crippen LogP contribution is -2.24. The van der Waals surface area contributed by atoms with E-state index in [1.165, 1.54) is 28.7 Å². The molecule has 0 radical (unpaired) electrons. The monoisotopic (exact) mass is 392 g/mol. The van der Waals surface area contributed by atoms with E-state index in [0.717, 1.165) is 20.5 Å². The number of carbonyl (C=O) groups excluding carboxylic acids is 1. The van der Waals surface area contributed by atoms with E-state index >= 15 is 0 Å². The molecule has 0 bridgehead atoms. The first kappa shape index (κ1) is 18.0. The highest BCUT2D eigenvalue weighted by Crippen LogP contribution is 2.23. The summed E-state index contributed by atoms with van der Waals surface area (Å²) in [6.07, 6.45) is 1.67. The number of nitrogens with one attached hydrogen (secondary N) is 1. The second-order valence-corrected chi connectivity index (χ2v) is 8.29. The molecule has 0 aliphatic heterocycles. The third-order valence-corrected chi connectivity index (χ3v) is 5.72. The quantitative estimate of drug-likeness (QED) is 0.644. The lowest BCUT2D eigenvalue weighted by atomic mass is 10.1. The van der Waals surface area contributed by atoms with Crippen LogP contribution >= 0.6 is 34.7 Å². The van der Waals surface area contributed by atoms with Gasteiger partial charge in [0.2, 0.25) is 5.91 Å². The summed E-state index contributed by atoms with van der Waals surface area (Å²) in [6.45, 7) is 4.60. The molecule has 5 nitrogen and oxygen atoms in total. The highest BCUT2D eigenvalue weighted by molar-refractivity contribution is 7.99. The van der Waals surface area contributed by atoms with Crippen LogP contribution in [0.25, 0.3) is 5.69 Å². The summed E-state index contributed by atoms with van der Waals surface area (Å²) in [4.78, 5) is 13.1. The molecule has 1 N–H and O–H groups in total. The van der Waals surface area contributed by atoms with Crippen molar-refractivity contribution in [2.75, 3.05) is 5.75 Å². The van der Waals surface area contributed by atoms with Gasteiger partial charge in [0.05, 0.1) is 22.3 Å². The highest BCUT2D eigenvalue weighted by Gasteiger charge is 2.12. The Morgan fingerprint density at radius 1 is 1.32 bits per heavy atom. The predicted octanol–water partition coefficient (Wildman–Crippen LogP) is 4.01. The third kappa shape index (κ3) is 4.62. The van der Waals surface area contributed by atoms with Gasteiger partial charge in [0, 0.05) is 4.88 Å². The predicted molar refractivity (Wildman–Crippen MR) is 103 cm³/mol. The Balaban J connectivity index is 1.60. The number of halogens is 1. The van der Waals surface area contributed by atoms with Crippen molar-refractivity contribution in [2.24, 2.45) is 0 Å². The summed E-state index contributed by atoms with van der Waals surface area (Å²) in [5, 5.41) is 11.7. The number of hydrogen-bond donors (Lipinski definition) is 1. The standard InChI is InChI=1S/C17H17ClN4OS2/c1-11-3-5-14(12(2)7-11)22-10-20-21-17(22)24-9-16(23)19-8-13-4-6-15(18)25-13/h3-7,10H,8-9H2,1-2H3,(H,19,23). The van der Waals surface area contributed by atoms with Gasteiger partial charge in [-0.2, -0.15) is 0 Å². The van der Waals surface area contributed by atoms with Gasteiger partial charge in [-0.05, 0) is 37.6 Å². The average Bonchev–Trinajstić information content (AvgIpc) is 3.20. The summed E-state index contributed by atoms with van der Waals surface area (Å²) < 4.78 is 2.63. The van der Waals surface area contributed by atoms with Crippen LogP contribution in [0.15, 0.2) is 41.8 Å². The van der Waals surface area contributed by atoms with Crippen molar-refractivity contribution in [1.82, 2.24) is 20.1 Å². The Bertz CT molecular complexity index is 890. The lowest BCUT2D eigenvalue weighted by Gasteiger charge is -2.10. The number of hydrogen-bond acceptors (Lipinski definition) is 5. The Kier molecular flexibility index (Phi) is 5.78. The van der Waals surface area contributed by atoms with Crippen molar-refractivity contribution in [2.45, 2.75) is 25.5 Å². The summed E-state index contributed by atoms with van der Waals surface area (Å²) in [7, 11) is 0.